The van der Waals surface area contributed by atoms with Crippen molar-refractivity contribution in [2.75, 3.05) is 33.0 Å². The van der Waals surface area contributed by atoms with Crippen LogP contribution >= 0.6 is 0 Å². The molecule has 0 amide bonds. The minimum atomic E-state index is -2.09. The van der Waals surface area contributed by atoms with E-state index in [0.29, 0.717) is 0 Å². The molecule has 5 rings (SSSR count). The Hall–Kier alpha value is -0.960. The van der Waals surface area contributed by atoms with Crippen molar-refractivity contribution in [2.45, 2.75) is 141 Å². The van der Waals surface area contributed by atoms with E-state index in [1.165, 1.54) is 0 Å². The van der Waals surface area contributed by atoms with Gasteiger partial charge in [-0.05, 0) is 0 Å². The summed E-state index contributed by atoms with van der Waals surface area (Å²) in [6.45, 7) is -3.14. The van der Waals surface area contributed by atoms with E-state index < -0.39 is 174 Å². The van der Waals surface area contributed by atoms with Gasteiger partial charge in [0.25, 0.3) is 0 Å². The Kier molecular flexibility index (Phi) is 14.5. The fourth-order valence-electron chi connectivity index (χ4n) is 6.26. The van der Waals surface area contributed by atoms with Gasteiger partial charge in [-0.25, -0.2) is 0 Å². The topological polar surface area (TPSA) is 387 Å². The van der Waals surface area contributed by atoms with Crippen LogP contribution in [0.25, 0.3) is 0 Å². The van der Waals surface area contributed by atoms with Crippen molar-refractivity contribution in [1.29, 1.82) is 0 Å². The Bertz CT molecular complexity index is 1110. The quantitative estimate of drug-likeness (QED) is 0.0927. The molecule has 24 heteroatoms. The van der Waals surface area contributed by atoms with Crippen LogP contribution in [-0.4, -0.2) is 251 Å². The number of aliphatic hydroxyl groups is 15. The smallest absolute Gasteiger partial charge is 0.187 e. The van der Waals surface area contributed by atoms with Gasteiger partial charge in [0.05, 0.1) is 33.0 Å². The molecule has 0 aromatic heterocycles. The highest BCUT2D eigenvalue weighted by Crippen LogP contribution is 2.33. The van der Waals surface area contributed by atoms with Gasteiger partial charge < -0.3 is 119 Å². The summed E-state index contributed by atoms with van der Waals surface area (Å²) < 4.78 is 49.1. The molecule has 5 saturated heterocycles. The van der Waals surface area contributed by atoms with Gasteiger partial charge in [-0.15, -0.1) is 0 Å². The largest absolute Gasteiger partial charge is 0.394 e. The van der Waals surface area contributed by atoms with E-state index in [2.05, 4.69) is 0 Å². The van der Waals surface area contributed by atoms with Crippen molar-refractivity contribution in [1.82, 2.24) is 0 Å². The second-order valence-electron chi connectivity index (χ2n) is 13.1. The van der Waals surface area contributed by atoms with E-state index in [0.717, 1.165) is 0 Å². The van der Waals surface area contributed by atoms with Gasteiger partial charge in [0.15, 0.2) is 31.5 Å². The van der Waals surface area contributed by atoms with Crippen LogP contribution in [0.4, 0.5) is 0 Å². The zero-order valence-electron chi connectivity index (χ0n) is 27.2. The highest BCUT2D eigenvalue weighted by molar-refractivity contribution is 4.97. The average molecular weight is 769 g/mol. The van der Waals surface area contributed by atoms with Crippen LogP contribution in [0.15, 0.2) is 0 Å². The first kappa shape index (κ1) is 42.2. The number of hydrogen-bond acceptors (Lipinski definition) is 24. The Morgan fingerprint density at radius 3 is 1.35 bits per heavy atom. The average Bonchev–Trinajstić information content (AvgIpc) is 3.12. The fourth-order valence-corrected chi connectivity index (χ4v) is 6.26. The third kappa shape index (κ3) is 8.86. The van der Waals surface area contributed by atoms with Gasteiger partial charge in [-0.3, -0.25) is 0 Å². The molecule has 0 spiro atoms. The monoisotopic (exact) mass is 768 g/mol. The van der Waals surface area contributed by atoms with E-state index in [4.69, 9.17) is 42.6 Å². The lowest BCUT2D eigenvalue weighted by Crippen LogP contribution is -2.67. The van der Waals surface area contributed by atoms with E-state index in [9.17, 15) is 76.6 Å². The molecule has 0 bridgehead atoms. The first-order valence-electron chi connectivity index (χ1n) is 16.4. The van der Waals surface area contributed by atoms with Crippen molar-refractivity contribution in [3.8, 4) is 0 Å². The van der Waals surface area contributed by atoms with Crippen molar-refractivity contribution in [3.63, 3.8) is 0 Å². The predicted octanol–water partition coefficient (Wildman–Crippen LogP) is -10.6. The Morgan fingerprint density at radius 1 is 0.404 bits per heavy atom. The maximum atomic E-state index is 11.3. The molecular weight excluding hydrogens is 720 g/mol. The summed E-state index contributed by atoms with van der Waals surface area (Å²) in [6, 6.07) is 0. The van der Waals surface area contributed by atoms with Gasteiger partial charge in [-0.1, -0.05) is 0 Å². The number of ether oxygens (including phenoxy) is 9. The van der Waals surface area contributed by atoms with Crippen LogP contribution < -0.4 is 0 Å². The predicted molar refractivity (Wildman–Crippen MR) is 155 cm³/mol. The molecule has 0 aromatic rings. The molecule has 5 aliphatic rings. The second-order valence-corrected chi connectivity index (χ2v) is 13.1. The van der Waals surface area contributed by atoms with Gasteiger partial charge in [0.1, 0.15) is 110 Å². The Balaban J connectivity index is 1.32. The zero-order chi connectivity index (χ0) is 38.2. The number of rotatable bonds is 11. The van der Waals surface area contributed by atoms with Gasteiger partial charge in [0.2, 0.25) is 0 Å². The van der Waals surface area contributed by atoms with Crippen molar-refractivity contribution < 1.29 is 119 Å². The van der Waals surface area contributed by atoms with E-state index in [1.807, 2.05) is 0 Å². The first-order chi connectivity index (χ1) is 24.5. The molecule has 15 N–H and O–H groups in total. The second kappa shape index (κ2) is 17.9. The minimum Gasteiger partial charge on any atom is -0.394 e. The molecule has 5 aliphatic heterocycles. The van der Waals surface area contributed by atoms with Gasteiger partial charge in [-0.2, -0.15) is 0 Å². The van der Waals surface area contributed by atoms with Crippen LogP contribution in [0.3, 0.4) is 0 Å². The SMILES string of the molecule is OC[C@H]1O[C@@H](O)[C@H](O)[C@@H](O)[C@@H]1O[C@@H]1O[C@H](CO[C@H]2OC[C@@H](O)[C@H](O)[C@H]2O)[C@@H](O[C@@H]2O[C@H](CO[C@H]3OC[C@@H](O)[C@H](O)[C@H]3O)[C@@H](O)[C@H](O)[C@H]2O)[C@H](O)[C@H]1O. The third-order valence-electron chi connectivity index (χ3n) is 9.49. The molecule has 5 fully saturated rings. The molecule has 0 unspecified atom stereocenters. The minimum absolute atomic E-state index is 0.418. The summed E-state index contributed by atoms with van der Waals surface area (Å²) in [5, 5.41) is 154. The van der Waals surface area contributed by atoms with Crippen molar-refractivity contribution in [3.05, 3.63) is 0 Å². The maximum Gasteiger partial charge on any atom is 0.187 e. The van der Waals surface area contributed by atoms with Gasteiger partial charge in [0, 0.05) is 0 Å². The normalized spacial score (nSPS) is 53.5. The van der Waals surface area contributed by atoms with E-state index in [-0.39, 0.29) is 0 Å². The molecular formula is C28H48O24. The Morgan fingerprint density at radius 2 is 0.827 bits per heavy atom. The standard InChI is InChI=1S/C28H48O24/c29-1-8-22(15(36)17(38)24(43)48-8)51-28-21(42)16(37)23(10(50-28)5-47-26-19(40)12(33)7(31)3-45-26)52-27-20(41)14(35)13(34)9(49-27)4-46-25-18(39)11(32)6(30)2-44-25/h6-43H,1-5H2/t6-,7-,8-,9-,10-,11+,12+,13-,14+,15-,16-,17-,18-,19-,20-,21-,22-,23-,24-,25-,26-,27+,28+/m1/s1. The summed E-state index contributed by atoms with van der Waals surface area (Å²) in [4.78, 5) is 0. The molecule has 0 radical (unpaired) electrons. The summed E-state index contributed by atoms with van der Waals surface area (Å²) >= 11 is 0. The zero-order valence-corrected chi connectivity index (χ0v) is 27.2. The summed E-state index contributed by atoms with van der Waals surface area (Å²) in [5.41, 5.74) is 0. The van der Waals surface area contributed by atoms with Gasteiger partial charge >= 0.3 is 0 Å². The summed E-state index contributed by atoms with van der Waals surface area (Å²) in [6.07, 6.45) is -40.6. The van der Waals surface area contributed by atoms with Crippen LogP contribution in [0.1, 0.15) is 0 Å². The molecule has 0 saturated carbocycles. The summed E-state index contributed by atoms with van der Waals surface area (Å²) in [5.74, 6) is 0. The summed E-state index contributed by atoms with van der Waals surface area (Å²) in [7, 11) is 0. The Labute approximate surface area is 293 Å². The molecule has 24 nitrogen and oxygen atoms in total. The molecule has 5 heterocycles. The molecule has 304 valence electrons. The van der Waals surface area contributed by atoms with Crippen molar-refractivity contribution >= 4 is 0 Å². The lowest BCUT2D eigenvalue weighted by molar-refractivity contribution is -0.383. The van der Waals surface area contributed by atoms with Crippen LogP contribution in [-0.2, 0) is 42.6 Å². The van der Waals surface area contributed by atoms with Crippen molar-refractivity contribution in [2.24, 2.45) is 0 Å². The highest BCUT2D eigenvalue weighted by Gasteiger charge is 2.54. The molecule has 0 aromatic carbocycles. The van der Waals surface area contributed by atoms with Crippen LogP contribution in [0.5, 0.6) is 0 Å². The lowest BCUT2D eigenvalue weighted by atomic mass is 9.96. The fraction of sp³-hybridized carbons (Fsp3) is 1.00. The third-order valence-corrected chi connectivity index (χ3v) is 9.49. The molecule has 0 aliphatic carbocycles. The lowest BCUT2D eigenvalue weighted by Gasteiger charge is -2.48. The molecule has 23 atom stereocenters. The first-order valence-corrected chi connectivity index (χ1v) is 16.4. The number of hydrogen-bond donors (Lipinski definition) is 15. The van der Waals surface area contributed by atoms with E-state index >= 15 is 0 Å². The van der Waals surface area contributed by atoms with Crippen LogP contribution in [0, 0.1) is 0 Å². The maximum absolute atomic E-state index is 11.3. The van der Waals surface area contributed by atoms with E-state index in [1.54, 1.807) is 0 Å². The number of aliphatic hydroxyl groups excluding tert-OH is 15. The molecule has 52 heavy (non-hydrogen) atoms. The highest BCUT2D eigenvalue weighted by atomic mass is 16.8. The van der Waals surface area contributed by atoms with Crippen LogP contribution in [0.2, 0.25) is 0 Å².